The van der Waals surface area contributed by atoms with Gasteiger partial charge in [-0.05, 0) is 37.6 Å². The highest BCUT2D eigenvalue weighted by atomic mass is 16.5. The molecule has 0 spiro atoms. The fraction of sp³-hybridized carbons (Fsp3) is 0.316. The molecule has 3 aromatic rings. The van der Waals surface area contributed by atoms with Crippen LogP contribution in [-0.2, 0) is 13.2 Å². The van der Waals surface area contributed by atoms with Gasteiger partial charge in [0.05, 0.1) is 11.0 Å². The van der Waals surface area contributed by atoms with Gasteiger partial charge < -0.3 is 15.0 Å². The largest absolute Gasteiger partial charge is 0.486 e. The van der Waals surface area contributed by atoms with Crippen molar-refractivity contribution in [2.75, 3.05) is 0 Å². The first-order valence-corrected chi connectivity index (χ1v) is 8.06. The number of imidazole rings is 1. The summed E-state index contributed by atoms with van der Waals surface area (Å²) in [6.45, 7) is 5.36. The van der Waals surface area contributed by atoms with Gasteiger partial charge in [-0.15, -0.1) is 0 Å². The second-order valence-electron chi connectivity index (χ2n) is 5.90. The van der Waals surface area contributed by atoms with Gasteiger partial charge in [-0.3, -0.25) is 0 Å². The lowest BCUT2D eigenvalue weighted by atomic mass is 10.2. The van der Waals surface area contributed by atoms with Gasteiger partial charge >= 0.3 is 0 Å². The molecule has 2 N–H and O–H groups in total. The molecule has 23 heavy (non-hydrogen) atoms. The monoisotopic (exact) mass is 309 g/mol. The number of para-hydroxylation sites is 2. The molecule has 0 bridgehead atoms. The first-order chi connectivity index (χ1) is 11.2. The summed E-state index contributed by atoms with van der Waals surface area (Å²) in [6, 6.07) is 16.3. The molecule has 0 amide bonds. The zero-order valence-electron chi connectivity index (χ0n) is 13.7. The minimum absolute atomic E-state index is 0.116. The molecule has 3 rings (SSSR count). The molecule has 0 radical (unpaired) electrons. The van der Waals surface area contributed by atoms with Crippen LogP contribution >= 0.6 is 0 Å². The summed E-state index contributed by atoms with van der Waals surface area (Å²) in [5.74, 6) is 1.77. The van der Waals surface area contributed by atoms with E-state index >= 15 is 0 Å². The minimum atomic E-state index is 0.116. The molecule has 0 saturated heterocycles. The smallest absolute Gasteiger partial charge is 0.148 e. The van der Waals surface area contributed by atoms with Crippen LogP contribution in [0.15, 0.2) is 48.5 Å². The Kier molecular flexibility index (Phi) is 4.63. The number of aryl methyl sites for hydroxylation is 1. The summed E-state index contributed by atoms with van der Waals surface area (Å²) in [5, 5.41) is 0. The van der Waals surface area contributed by atoms with Crippen molar-refractivity contribution in [3.05, 3.63) is 59.9 Å². The fourth-order valence-electron chi connectivity index (χ4n) is 2.59. The van der Waals surface area contributed by atoms with Crippen LogP contribution in [0.1, 0.15) is 24.7 Å². The molecule has 0 saturated carbocycles. The molecule has 0 aliphatic rings. The predicted molar refractivity (Wildman–Crippen MR) is 93.5 cm³/mol. The van der Waals surface area contributed by atoms with Crippen molar-refractivity contribution in [1.82, 2.24) is 9.55 Å². The van der Waals surface area contributed by atoms with Gasteiger partial charge in [0.2, 0.25) is 0 Å². The minimum Gasteiger partial charge on any atom is -0.486 e. The molecule has 0 fully saturated rings. The zero-order chi connectivity index (χ0) is 16.2. The molecule has 1 heterocycles. The van der Waals surface area contributed by atoms with Crippen LogP contribution in [0.25, 0.3) is 11.0 Å². The van der Waals surface area contributed by atoms with Crippen LogP contribution in [-0.4, -0.2) is 15.6 Å². The van der Waals surface area contributed by atoms with Gasteiger partial charge in [0, 0.05) is 12.6 Å². The highest BCUT2D eigenvalue weighted by Crippen LogP contribution is 2.19. The Morgan fingerprint density at radius 1 is 1.13 bits per heavy atom. The van der Waals surface area contributed by atoms with Crippen molar-refractivity contribution in [1.29, 1.82) is 0 Å². The number of hydrogen-bond acceptors (Lipinski definition) is 3. The molecular weight excluding hydrogens is 286 g/mol. The number of fused-ring (bicyclic) bond motifs is 1. The van der Waals surface area contributed by atoms with Crippen LogP contribution in [0, 0.1) is 6.92 Å². The molecule has 1 atom stereocenters. The Balaban J connectivity index is 1.86. The lowest BCUT2D eigenvalue weighted by Crippen LogP contribution is -2.26. The van der Waals surface area contributed by atoms with Crippen LogP contribution in [0.5, 0.6) is 5.75 Å². The third-order valence-corrected chi connectivity index (χ3v) is 4.06. The predicted octanol–water partition coefficient (Wildman–Crippen LogP) is 3.66. The lowest BCUT2D eigenvalue weighted by Gasteiger charge is -2.14. The van der Waals surface area contributed by atoms with Crippen LogP contribution < -0.4 is 10.5 Å². The highest BCUT2D eigenvalue weighted by Gasteiger charge is 2.13. The molecular formula is C19H23N3O. The van der Waals surface area contributed by atoms with Gasteiger partial charge in [-0.2, -0.15) is 0 Å². The van der Waals surface area contributed by atoms with Crippen molar-refractivity contribution in [3.8, 4) is 5.75 Å². The van der Waals surface area contributed by atoms with Crippen LogP contribution in [0.3, 0.4) is 0 Å². The molecule has 1 unspecified atom stereocenters. The summed E-state index contributed by atoms with van der Waals surface area (Å²) in [6.07, 6.45) is 0.935. The Morgan fingerprint density at radius 2 is 1.87 bits per heavy atom. The van der Waals surface area contributed by atoms with E-state index in [0.29, 0.717) is 6.61 Å². The Morgan fingerprint density at radius 3 is 2.61 bits per heavy atom. The van der Waals surface area contributed by atoms with E-state index in [9.17, 15) is 0 Å². The third-order valence-electron chi connectivity index (χ3n) is 4.06. The van der Waals surface area contributed by atoms with Gasteiger partial charge in [0.25, 0.3) is 0 Å². The van der Waals surface area contributed by atoms with Crippen LogP contribution in [0.2, 0.25) is 0 Å². The standard InChI is InChI=1S/C19H23N3O/c1-3-15(20)12-22-18-7-5-4-6-17(18)21-19(22)13-23-16-10-8-14(2)9-11-16/h4-11,15H,3,12-13,20H2,1-2H3. The molecule has 4 nitrogen and oxygen atoms in total. The molecule has 2 aromatic carbocycles. The second kappa shape index (κ2) is 6.84. The molecule has 0 aliphatic heterocycles. The lowest BCUT2D eigenvalue weighted by molar-refractivity contribution is 0.288. The summed E-state index contributed by atoms with van der Waals surface area (Å²) >= 11 is 0. The maximum absolute atomic E-state index is 6.16. The highest BCUT2D eigenvalue weighted by molar-refractivity contribution is 5.75. The van der Waals surface area contributed by atoms with E-state index < -0.39 is 0 Å². The van der Waals surface area contributed by atoms with E-state index in [4.69, 9.17) is 15.5 Å². The molecule has 4 heteroatoms. The summed E-state index contributed by atoms with van der Waals surface area (Å²) < 4.78 is 8.09. The van der Waals surface area contributed by atoms with E-state index in [-0.39, 0.29) is 6.04 Å². The molecule has 120 valence electrons. The average molecular weight is 309 g/mol. The third kappa shape index (κ3) is 3.54. The summed E-state index contributed by atoms with van der Waals surface area (Å²) in [7, 11) is 0. The normalized spacial score (nSPS) is 12.5. The SMILES string of the molecule is CCC(N)Cn1c(COc2ccc(C)cc2)nc2ccccc21. The zero-order valence-corrected chi connectivity index (χ0v) is 13.7. The first kappa shape index (κ1) is 15.6. The van der Waals surface area contributed by atoms with Crippen molar-refractivity contribution in [3.63, 3.8) is 0 Å². The molecule has 1 aromatic heterocycles. The van der Waals surface area contributed by atoms with Gasteiger partial charge in [0.1, 0.15) is 18.2 Å². The number of hydrogen-bond donors (Lipinski definition) is 1. The number of aromatic nitrogens is 2. The molecule has 0 aliphatic carbocycles. The average Bonchev–Trinajstić information content (AvgIpc) is 2.92. The fourth-order valence-corrected chi connectivity index (χ4v) is 2.59. The van der Waals surface area contributed by atoms with E-state index in [2.05, 4.69) is 24.5 Å². The van der Waals surface area contributed by atoms with E-state index in [0.717, 1.165) is 35.6 Å². The van der Waals surface area contributed by atoms with Gasteiger partial charge in [0.15, 0.2) is 0 Å². The number of nitrogens with zero attached hydrogens (tertiary/aromatic N) is 2. The number of nitrogens with two attached hydrogens (primary N) is 1. The van der Waals surface area contributed by atoms with Crippen LogP contribution in [0.4, 0.5) is 0 Å². The number of ether oxygens (including phenoxy) is 1. The van der Waals surface area contributed by atoms with E-state index in [1.807, 2.05) is 42.5 Å². The summed E-state index contributed by atoms with van der Waals surface area (Å²) in [5.41, 5.74) is 9.47. The maximum atomic E-state index is 6.16. The van der Waals surface area contributed by atoms with E-state index in [1.165, 1.54) is 5.56 Å². The van der Waals surface area contributed by atoms with Crippen molar-refractivity contribution < 1.29 is 4.74 Å². The van der Waals surface area contributed by atoms with Gasteiger partial charge in [-0.25, -0.2) is 4.98 Å². The van der Waals surface area contributed by atoms with Crippen molar-refractivity contribution in [2.24, 2.45) is 5.73 Å². The number of benzene rings is 2. The second-order valence-corrected chi connectivity index (χ2v) is 5.90. The summed E-state index contributed by atoms with van der Waals surface area (Å²) in [4.78, 5) is 4.72. The Bertz CT molecular complexity index is 777. The van der Waals surface area contributed by atoms with E-state index in [1.54, 1.807) is 0 Å². The van der Waals surface area contributed by atoms with Gasteiger partial charge in [-0.1, -0.05) is 36.8 Å². The quantitative estimate of drug-likeness (QED) is 0.756. The Labute approximate surface area is 136 Å². The number of rotatable bonds is 6. The Hall–Kier alpha value is -2.33. The first-order valence-electron chi connectivity index (χ1n) is 8.06. The van der Waals surface area contributed by atoms with Crippen molar-refractivity contribution in [2.45, 2.75) is 39.5 Å². The van der Waals surface area contributed by atoms with Crippen molar-refractivity contribution >= 4 is 11.0 Å². The topological polar surface area (TPSA) is 53.1 Å². The maximum Gasteiger partial charge on any atom is 0.148 e.